The maximum absolute atomic E-state index is 14.4. The molecule has 0 amide bonds. The number of ether oxygens (including phenoxy) is 2. The first-order valence-electron chi connectivity index (χ1n) is 7.77. The summed E-state index contributed by atoms with van der Waals surface area (Å²) in [6.45, 7) is 3.32. The third-order valence-corrected chi connectivity index (χ3v) is 3.93. The molecule has 1 atom stereocenters. The Labute approximate surface area is 135 Å². The molecule has 1 fully saturated rings. The van der Waals surface area contributed by atoms with Crippen LogP contribution in [0.4, 0.5) is 8.78 Å². The fourth-order valence-corrected chi connectivity index (χ4v) is 2.88. The minimum absolute atomic E-state index is 0.411. The first kappa shape index (κ1) is 17.9. The fraction of sp³-hybridized carbons (Fsp3) is 0.625. The zero-order valence-corrected chi connectivity index (χ0v) is 13.5. The van der Waals surface area contributed by atoms with E-state index in [1.807, 2.05) is 6.92 Å². The highest BCUT2D eigenvalue weighted by molar-refractivity contribution is 5.44. The van der Waals surface area contributed by atoms with Gasteiger partial charge in [-0.2, -0.15) is 0 Å². The smallest absolute Gasteiger partial charge is 0.289 e. The van der Waals surface area contributed by atoms with Crippen molar-refractivity contribution in [1.29, 1.82) is 0 Å². The van der Waals surface area contributed by atoms with E-state index in [2.05, 4.69) is 5.32 Å². The van der Waals surface area contributed by atoms with Crippen LogP contribution in [0.1, 0.15) is 18.5 Å². The molecule has 2 rings (SSSR count). The Morgan fingerprint density at radius 3 is 2.57 bits per heavy atom. The lowest BCUT2D eigenvalue weighted by molar-refractivity contribution is -0.118. The zero-order chi connectivity index (χ0) is 16.9. The van der Waals surface area contributed by atoms with Crippen LogP contribution in [0.25, 0.3) is 0 Å². The summed E-state index contributed by atoms with van der Waals surface area (Å²) in [4.78, 5) is 1.70. The number of hydrogen-bond acceptors (Lipinski definition) is 5. The Morgan fingerprint density at radius 1 is 1.30 bits per heavy atom. The summed E-state index contributed by atoms with van der Waals surface area (Å²) >= 11 is 0. The quantitative estimate of drug-likeness (QED) is 0.796. The van der Waals surface area contributed by atoms with Gasteiger partial charge in [0.15, 0.2) is 11.5 Å². The summed E-state index contributed by atoms with van der Waals surface area (Å²) in [6, 6.07) is 3.62. The molecule has 0 saturated carbocycles. The molecule has 0 aliphatic carbocycles. The van der Waals surface area contributed by atoms with Crippen LogP contribution in [0.3, 0.4) is 0 Å². The third kappa shape index (κ3) is 4.10. The van der Waals surface area contributed by atoms with Gasteiger partial charge in [-0.25, -0.2) is 8.78 Å². The molecule has 130 valence electrons. The fourth-order valence-electron chi connectivity index (χ4n) is 2.88. The van der Waals surface area contributed by atoms with Crippen molar-refractivity contribution in [1.82, 2.24) is 10.2 Å². The van der Waals surface area contributed by atoms with Crippen molar-refractivity contribution in [2.45, 2.75) is 18.9 Å². The lowest BCUT2D eigenvalue weighted by Gasteiger charge is -2.38. The number of alkyl halides is 2. The Balaban J connectivity index is 2.39. The van der Waals surface area contributed by atoms with Crippen molar-refractivity contribution in [3.8, 4) is 11.5 Å². The molecule has 1 saturated heterocycles. The molecule has 7 heteroatoms. The molecular weight excluding hydrogens is 306 g/mol. The molecule has 23 heavy (non-hydrogen) atoms. The van der Waals surface area contributed by atoms with Crippen LogP contribution < -0.4 is 14.8 Å². The van der Waals surface area contributed by atoms with Gasteiger partial charge in [-0.1, -0.05) is 6.07 Å². The summed E-state index contributed by atoms with van der Waals surface area (Å²) in [6.07, 6.45) is 0. The normalized spacial score (nSPS) is 17.8. The summed E-state index contributed by atoms with van der Waals surface area (Å²) < 4.78 is 39.5. The molecule has 1 aromatic rings. The van der Waals surface area contributed by atoms with Crippen molar-refractivity contribution in [3.05, 3.63) is 23.8 Å². The van der Waals surface area contributed by atoms with Gasteiger partial charge in [-0.15, -0.1) is 0 Å². The predicted molar refractivity (Wildman–Crippen MR) is 83.4 cm³/mol. The average Bonchev–Trinajstić information content (AvgIpc) is 2.56. The topological polar surface area (TPSA) is 54.0 Å². The van der Waals surface area contributed by atoms with E-state index in [9.17, 15) is 13.9 Å². The van der Waals surface area contributed by atoms with Crippen molar-refractivity contribution >= 4 is 0 Å². The number of nitrogens with zero attached hydrogens (tertiary/aromatic N) is 1. The molecule has 1 aliphatic rings. The first-order chi connectivity index (χ1) is 11.0. The van der Waals surface area contributed by atoms with Crippen molar-refractivity contribution in [3.63, 3.8) is 0 Å². The van der Waals surface area contributed by atoms with Gasteiger partial charge >= 0.3 is 0 Å². The van der Waals surface area contributed by atoms with E-state index in [1.54, 1.807) is 23.1 Å². The van der Waals surface area contributed by atoms with Gasteiger partial charge in [0.2, 0.25) is 0 Å². The summed E-state index contributed by atoms with van der Waals surface area (Å²) in [5.74, 6) is -2.31. The van der Waals surface area contributed by atoms with Crippen LogP contribution in [0, 0.1) is 0 Å². The minimum Gasteiger partial charge on any atom is -0.493 e. The second-order valence-corrected chi connectivity index (χ2v) is 5.45. The second-order valence-electron chi connectivity index (χ2n) is 5.45. The van der Waals surface area contributed by atoms with Crippen molar-refractivity contribution in [2.24, 2.45) is 0 Å². The zero-order valence-electron chi connectivity index (χ0n) is 13.5. The van der Waals surface area contributed by atoms with E-state index in [-0.39, 0.29) is 0 Å². The number of benzene rings is 1. The number of aliphatic hydroxyl groups is 1. The Hall–Kier alpha value is -1.44. The van der Waals surface area contributed by atoms with Crippen LogP contribution in [-0.2, 0) is 0 Å². The molecule has 2 N–H and O–H groups in total. The van der Waals surface area contributed by atoms with E-state index in [0.717, 1.165) is 0 Å². The van der Waals surface area contributed by atoms with Crippen LogP contribution in [0.5, 0.6) is 11.5 Å². The second kappa shape index (κ2) is 7.90. The van der Waals surface area contributed by atoms with Gasteiger partial charge in [-0.05, 0) is 24.6 Å². The molecule has 1 heterocycles. The summed E-state index contributed by atoms with van der Waals surface area (Å²) in [5.41, 5.74) is 0.412. The number of nitrogens with one attached hydrogen (secondary N) is 1. The molecule has 5 nitrogen and oxygen atoms in total. The predicted octanol–water partition coefficient (Wildman–Crippen LogP) is 1.67. The van der Waals surface area contributed by atoms with Crippen LogP contribution in [0.2, 0.25) is 0 Å². The molecule has 0 unspecified atom stereocenters. The Morgan fingerprint density at radius 2 is 2.00 bits per heavy atom. The molecule has 0 spiro atoms. The molecule has 0 bridgehead atoms. The Kier molecular flexibility index (Phi) is 6.15. The lowest BCUT2D eigenvalue weighted by Crippen LogP contribution is -2.51. The van der Waals surface area contributed by atoms with Crippen LogP contribution >= 0.6 is 0 Å². The maximum Gasteiger partial charge on any atom is 0.289 e. The largest absolute Gasteiger partial charge is 0.493 e. The highest BCUT2D eigenvalue weighted by Gasteiger charge is 2.44. The van der Waals surface area contributed by atoms with E-state index in [0.29, 0.717) is 49.8 Å². The molecule has 0 radical (unpaired) electrons. The standard InChI is InChI=1S/C16H24F2N2O3/c1-3-23-14-10-12(4-5-13(14)22-2)15(16(17,18)11-21)20-8-6-19-7-9-20/h4-5,10,15,19,21H,3,6-9,11H2,1-2H3/t15-/m1/s1. The number of aliphatic hydroxyl groups excluding tert-OH is 1. The van der Waals surface area contributed by atoms with Crippen molar-refractivity contribution in [2.75, 3.05) is 46.5 Å². The SMILES string of the molecule is CCOc1cc([C@@H](N2CCNCC2)C(F)(F)CO)ccc1OC. The number of piperazine rings is 1. The van der Waals surface area contributed by atoms with Gasteiger partial charge in [0.1, 0.15) is 12.6 Å². The van der Waals surface area contributed by atoms with Gasteiger partial charge in [0.25, 0.3) is 5.92 Å². The first-order valence-corrected chi connectivity index (χ1v) is 7.77. The van der Waals surface area contributed by atoms with E-state index >= 15 is 0 Å². The molecule has 1 aromatic carbocycles. The third-order valence-electron chi connectivity index (χ3n) is 3.93. The summed E-state index contributed by atoms with van der Waals surface area (Å²) in [7, 11) is 1.51. The van der Waals surface area contributed by atoms with Crippen molar-refractivity contribution < 1.29 is 23.4 Å². The van der Waals surface area contributed by atoms with Crippen LogP contribution in [0.15, 0.2) is 18.2 Å². The Bertz CT molecular complexity index is 508. The minimum atomic E-state index is -3.24. The van der Waals surface area contributed by atoms with Gasteiger partial charge in [0.05, 0.1) is 13.7 Å². The number of halogens is 2. The average molecular weight is 330 g/mol. The summed E-state index contributed by atoms with van der Waals surface area (Å²) in [5, 5.41) is 12.3. The van der Waals surface area contributed by atoms with E-state index < -0.39 is 18.6 Å². The number of hydrogen-bond donors (Lipinski definition) is 2. The van der Waals surface area contributed by atoms with Gasteiger partial charge in [-0.3, -0.25) is 4.90 Å². The maximum atomic E-state index is 14.4. The van der Waals surface area contributed by atoms with E-state index in [4.69, 9.17) is 9.47 Å². The van der Waals surface area contributed by atoms with E-state index in [1.165, 1.54) is 7.11 Å². The highest BCUT2D eigenvalue weighted by atomic mass is 19.3. The molecule has 0 aromatic heterocycles. The van der Waals surface area contributed by atoms with Gasteiger partial charge in [0, 0.05) is 26.2 Å². The number of methoxy groups -OCH3 is 1. The highest BCUT2D eigenvalue weighted by Crippen LogP contribution is 2.39. The molecular formula is C16H24F2N2O3. The molecule has 1 aliphatic heterocycles. The number of rotatable bonds is 7. The van der Waals surface area contributed by atoms with Gasteiger partial charge < -0.3 is 19.9 Å². The lowest BCUT2D eigenvalue weighted by atomic mass is 9.97. The monoisotopic (exact) mass is 330 g/mol. The van der Waals surface area contributed by atoms with Crippen LogP contribution in [-0.4, -0.2) is 62.4 Å².